The Kier molecular flexibility index (Phi) is 10.6. The van der Waals surface area contributed by atoms with E-state index in [2.05, 4.69) is 5.32 Å². The van der Waals surface area contributed by atoms with Gasteiger partial charge in [-0.15, -0.1) is 11.8 Å². The average molecular weight is 503 g/mol. The Bertz CT molecular complexity index is 914. The lowest BCUT2D eigenvalue weighted by atomic mass is 10.1. The van der Waals surface area contributed by atoms with Gasteiger partial charge < -0.3 is 15.0 Å². The SMILES string of the molecule is CCC(C(=O)NC1CCCC1)N(Cc1ccc(OC)cc1)C(=O)CCCSc1ccc(Cl)cc1. The molecule has 1 N–H and O–H groups in total. The second kappa shape index (κ2) is 13.6. The van der Waals surface area contributed by atoms with E-state index in [1.54, 1.807) is 23.8 Å². The number of nitrogens with zero attached hydrogens (tertiary/aromatic N) is 1. The van der Waals surface area contributed by atoms with Crippen LogP contribution < -0.4 is 10.1 Å². The van der Waals surface area contributed by atoms with E-state index in [0.29, 0.717) is 19.4 Å². The van der Waals surface area contributed by atoms with Crippen LogP contribution in [0.5, 0.6) is 5.75 Å². The first-order chi connectivity index (χ1) is 16.5. The molecule has 7 heteroatoms. The van der Waals surface area contributed by atoms with Crippen molar-refractivity contribution in [3.8, 4) is 5.75 Å². The molecule has 0 heterocycles. The first-order valence-corrected chi connectivity index (χ1v) is 13.5. The zero-order valence-electron chi connectivity index (χ0n) is 20.1. The highest BCUT2D eigenvalue weighted by Crippen LogP contribution is 2.23. The molecule has 5 nitrogen and oxygen atoms in total. The Morgan fingerprint density at radius 1 is 1.12 bits per heavy atom. The zero-order chi connectivity index (χ0) is 24.3. The summed E-state index contributed by atoms with van der Waals surface area (Å²) in [6, 6.07) is 15.2. The lowest BCUT2D eigenvalue weighted by molar-refractivity contribution is -0.141. The summed E-state index contributed by atoms with van der Waals surface area (Å²) in [5.41, 5.74) is 0.983. The molecule has 0 aromatic heterocycles. The summed E-state index contributed by atoms with van der Waals surface area (Å²) in [5, 5.41) is 3.91. The second-order valence-corrected chi connectivity index (χ2v) is 10.3. The molecular formula is C27H35ClN2O3S. The fraction of sp³-hybridized carbons (Fsp3) is 0.481. The van der Waals surface area contributed by atoms with Crippen LogP contribution in [0, 0.1) is 0 Å². The number of hydrogen-bond donors (Lipinski definition) is 1. The number of hydrogen-bond acceptors (Lipinski definition) is 4. The van der Waals surface area contributed by atoms with Gasteiger partial charge in [0, 0.05) is 28.9 Å². The smallest absolute Gasteiger partial charge is 0.243 e. The summed E-state index contributed by atoms with van der Waals surface area (Å²) >= 11 is 7.67. The van der Waals surface area contributed by atoms with Crippen molar-refractivity contribution >= 4 is 35.2 Å². The molecule has 1 saturated carbocycles. The van der Waals surface area contributed by atoms with Crippen LogP contribution in [-0.2, 0) is 16.1 Å². The minimum absolute atomic E-state index is 0.0148. The predicted molar refractivity (Wildman–Crippen MR) is 139 cm³/mol. The van der Waals surface area contributed by atoms with Crippen LogP contribution in [0.25, 0.3) is 0 Å². The maximum absolute atomic E-state index is 13.4. The molecule has 2 amide bonds. The largest absolute Gasteiger partial charge is 0.497 e. The number of methoxy groups -OCH3 is 1. The number of carbonyl (C=O) groups is 2. The molecule has 0 bridgehead atoms. The fourth-order valence-corrected chi connectivity index (χ4v) is 5.28. The summed E-state index contributed by atoms with van der Waals surface area (Å²) in [4.78, 5) is 29.4. The lowest BCUT2D eigenvalue weighted by Crippen LogP contribution is -2.50. The molecule has 1 aliphatic rings. The van der Waals surface area contributed by atoms with E-state index in [0.717, 1.165) is 59.1 Å². The molecule has 3 rings (SSSR count). The Labute approximate surface area is 212 Å². The van der Waals surface area contributed by atoms with Crippen molar-refractivity contribution in [1.29, 1.82) is 0 Å². The normalized spacial score (nSPS) is 14.6. The highest BCUT2D eigenvalue weighted by molar-refractivity contribution is 7.99. The maximum atomic E-state index is 13.4. The molecule has 2 aromatic rings. The molecule has 1 fully saturated rings. The van der Waals surface area contributed by atoms with Crippen LogP contribution >= 0.6 is 23.4 Å². The van der Waals surface area contributed by atoms with E-state index >= 15 is 0 Å². The molecule has 1 unspecified atom stereocenters. The van der Waals surface area contributed by atoms with Crippen molar-refractivity contribution in [2.24, 2.45) is 0 Å². The van der Waals surface area contributed by atoms with E-state index in [-0.39, 0.29) is 17.9 Å². The third-order valence-electron chi connectivity index (χ3n) is 6.22. The monoisotopic (exact) mass is 502 g/mol. The van der Waals surface area contributed by atoms with Crippen molar-refractivity contribution in [3.63, 3.8) is 0 Å². The summed E-state index contributed by atoms with van der Waals surface area (Å²) < 4.78 is 5.26. The van der Waals surface area contributed by atoms with Gasteiger partial charge in [-0.25, -0.2) is 0 Å². The van der Waals surface area contributed by atoms with Crippen molar-refractivity contribution in [2.75, 3.05) is 12.9 Å². The van der Waals surface area contributed by atoms with E-state index in [4.69, 9.17) is 16.3 Å². The van der Waals surface area contributed by atoms with Crippen molar-refractivity contribution in [1.82, 2.24) is 10.2 Å². The summed E-state index contributed by atoms with van der Waals surface area (Å²) in [6.45, 7) is 2.38. The van der Waals surface area contributed by atoms with Gasteiger partial charge in [0.15, 0.2) is 0 Å². The van der Waals surface area contributed by atoms with Crippen molar-refractivity contribution in [3.05, 3.63) is 59.1 Å². The first kappa shape index (κ1) is 26.4. The number of thioether (sulfide) groups is 1. The summed E-state index contributed by atoms with van der Waals surface area (Å²) in [7, 11) is 1.63. The number of nitrogens with one attached hydrogen (secondary N) is 1. The van der Waals surface area contributed by atoms with E-state index < -0.39 is 6.04 Å². The Hall–Kier alpha value is -2.18. The molecule has 1 aliphatic carbocycles. The van der Waals surface area contributed by atoms with Gasteiger partial charge in [0.2, 0.25) is 11.8 Å². The lowest BCUT2D eigenvalue weighted by Gasteiger charge is -2.31. The van der Waals surface area contributed by atoms with Gasteiger partial charge in [0.05, 0.1) is 7.11 Å². The maximum Gasteiger partial charge on any atom is 0.243 e. The third-order valence-corrected chi connectivity index (χ3v) is 7.57. The molecule has 0 spiro atoms. The average Bonchev–Trinajstić information content (AvgIpc) is 3.36. The topological polar surface area (TPSA) is 58.6 Å². The molecule has 184 valence electrons. The standard InChI is InChI=1S/C27H35ClN2O3S/c1-3-25(27(32)29-22-7-4-5-8-22)30(19-20-10-14-23(33-2)15-11-20)26(31)9-6-18-34-24-16-12-21(28)13-17-24/h10-17,22,25H,3-9,18-19H2,1-2H3,(H,29,32). The van der Waals surface area contributed by atoms with Gasteiger partial charge in [-0.3, -0.25) is 9.59 Å². The van der Waals surface area contributed by atoms with Gasteiger partial charge in [0.25, 0.3) is 0 Å². The van der Waals surface area contributed by atoms with Crippen LogP contribution in [0.4, 0.5) is 0 Å². The Balaban J connectivity index is 1.64. The van der Waals surface area contributed by atoms with Gasteiger partial charge in [0.1, 0.15) is 11.8 Å². The number of benzene rings is 2. The molecule has 2 aromatic carbocycles. The molecule has 0 aliphatic heterocycles. The quantitative estimate of drug-likeness (QED) is 0.282. The molecule has 34 heavy (non-hydrogen) atoms. The first-order valence-electron chi connectivity index (χ1n) is 12.1. The van der Waals surface area contributed by atoms with Crippen LogP contribution in [-0.4, -0.2) is 41.7 Å². The van der Waals surface area contributed by atoms with Gasteiger partial charge in [-0.05, 0) is 73.4 Å². The Morgan fingerprint density at radius 3 is 2.41 bits per heavy atom. The fourth-order valence-electron chi connectivity index (χ4n) is 4.30. The van der Waals surface area contributed by atoms with Crippen LogP contribution in [0.15, 0.2) is 53.4 Å². The molecular weight excluding hydrogens is 468 g/mol. The number of halogens is 1. The predicted octanol–water partition coefficient (Wildman–Crippen LogP) is 6.09. The van der Waals surface area contributed by atoms with Crippen LogP contribution in [0.3, 0.4) is 0 Å². The van der Waals surface area contributed by atoms with E-state index in [1.165, 1.54) is 0 Å². The minimum atomic E-state index is -0.473. The van der Waals surface area contributed by atoms with Gasteiger partial charge in [-0.1, -0.05) is 43.5 Å². The summed E-state index contributed by atoms with van der Waals surface area (Å²) in [6.07, 6.45) is 6.09. The van der Waals surface area contributed by atoms with E-state index in [1.807, 2.05) is 55.5 Å². The van der Waals surface area contributed by atoms with Crippen molar-refractivity contribution < 1.29 is 14.3 Å². The molecule has 1 atom stereocenters. The number of rotatable bonds is 12. The second-order valence-electron chi connectivity index (χ2n) is 8.69. The molecule has 0 saturated heterocycles. The Morgan fingerprint density at radius 2 is 1.79 bits per heavy atom. The number of ether oxygens (including phenoxy) is 1. The zero-order valence-corrected chi connectivity index (χ0v) is 21.7. The number of carbonyl (C=O) groups excluding carboxylic acids is 2. The highest BCUT2D eigenvalue weighted by Gasteiger charge is 2.30. The van der Waals surface area contributed by atoms with Gasteiger partial charge >= 0.3 is 0 Å². The van der Waals surface area contributed by atoms with Crippen LogP contribution in [0.1, 0.15) is 57.4 Å². The number of amides is 2. The summed E-state index contributed by atoms with van der Waals surface area (Å²) in [5.74, 6) is 1.58. The van der Waals surface area contributed by atoms with Crippen LogP contribution in [0.2, 0.25) is 5.02 Å². The molecule has 0 radical (unpaired) electrons. The van der Waals surface area contributed by atoms with E-state index in [9.17, 15) is 9.59 Å². The third kappa shape index (κ3) is 7.95. The van der Waals surface area contributed by atoms with Crippen molar-refractivity contribution in [2.45, 2.75) is 75.4 Å². The highest BCUT2D eigenvalue weighted by atomic mass is 35.5. The minimum Gasteiger partial charge on any atom is -0.497 e. The van der Waals surface area contributed by atoms with Gasteiger partial charge in [-0.2, -0.15) is 0 Å².